The van der Waals surface area contributed by atoms with Gasteiger partial charge in [0.25, 0.3) is 0 Å². The molecule has 3 N–H and O–H groups in total. The summed E-state index contributed by atoms with van der Waals surface area (Å²) < 4.78 is 0. The van der Waals surface area contributed by atoms with Crippen molar-refractivity contribution in [3.05, 3.63) is 0 Å². The first-order valence-corrected chi connectivity index (χ1v) is 0. The zero-order chi connectivity index (χ0) is 0. The number of hydrogen-bond donors (Lipinski definition) is 1. The monoisotopic (exact) mass is 166 g/mol. The molecule has 0 aromatic rings. The molecule has 0 aliphatic rings. The van der Waals surface area contributed by atoms with Crippen LogP contribution in [0.25, 0.3) is 0 Å². The molecule has 0 fully saturated rings. The standard InChI is InChI=1S/Co.Fe.H3N.H3P/h;;2*1H3. The third-order valence-electron chi connectivity index (χ3n) is 0. The Labute approximate surface area is 50.2 Å². The van der Waals surface area contributed by atoms with Crippen LogP contribution in [0.4, 0.5) is 0 Å². The van der Waals surface area contributed by atoms with E-state index in [1.54, 1.807) is 0 Å². The normalized spacial score (nSPS) is 0. The minimum atomic E-state index is 0. The first-order valence-electron chi connectivity index (χ1n) is 0. The number of hydrogen-bond acceptors (Lipinski definition) is 1. The van der Waals surface area contributed by atoms with Crippen molar-refractivity contribution in [3.8, 4) is 0 Å². The van der Waals surface area contributed by atoms with Gasteiger partial charge < -0.3 is 6.15 Å². The summed E-state index contributed by atoms with van der Waals surface area (Å²) in [7, 11) is 0. The van der Waals surface area contributed by atoms with Gasteiger partial charge in [-0.1, -0.05) is 0 Å². The Morgan fingerprint density at radius 1 is 1.00 bits per heavy atom. The molecule has 0 aliphatic carbocycles. The quantitative estimate of drug-likeness (QED) is 0.405. The van der Waals surface area contributed by atoms with Gasteiger partial charge >= 0.3 is 0 Å². The third-order valence-corrected chi connectivity index (χ3v) is 0. The first-order chi connectivity index (χ1) is 0. The van der Waals surface area contributed by atoms with Gasteiger partial charge in [-0.05, 0) is 0 Å². The molecule has 1 nitrogen and oxygen atoms in total. The minimum Gasteiger partial charge on any atom is -0.344 e. The molecule has 0 aromatic heterocycles. The van der Waals surface area contributed by atoms with Gasteiger partial charge in [0, 0.05) is 33.8 Å². The predicted molar refractivity (Wildman–Crippen MR) is 16.1 cm³/mol. The van der Waals surface area contributed by atoms with Gasteiger partial charge in [0.15, 0.2) is 0 Å². The summed E-state index contributed by atoms with van der Waals surface area (Å²) in [6.07, 6.45) is 0. The van der Waals surface area contributed by atoms with Crippen molar-refractivity contribution in [2.75, 3.05) is 0 Å². The van der Waals surface area contributed by atoms with E-state index in [4.69, 9.17) is 0 Å². The van der Waals surface area contributed by atoms with Crippen LogP contribution < -0.4 is 6.15 Å². The van der Waals surface area contributed by atoms with E-state index in [0.717, 1.165) is 0 Å². The zero-order valence-electron chi connectivity index (χ0n) is 2.10. The Hall–Kier alpha value is 1.42. The Balaban J connectivity index is 0. The van der Waals surface area contributed by atoms with Crippen LogP contribution in [-0.2, 0) is 33.8 Å². The molecule has 0 aliphatic heterocycles. The topological polar surface area (TPSA) is 35.0 Å². The molecule has 4 heavy (non-hydrogen) atoms. The van der Waals surface area contributed by atoms with Gasteiger partial charge in [0.05, 0.1) is 0 Å². The summed E-state index contributed by atoms with van der Waals surface area (Å²) in [5, 5.41) is 0. The van der Waals surface area contributed by atoms with Crippen molar-refractivity contribution >= 4 is 9.90 Å². The molecule has 4 heteroatoms. The molecule has 0 spiro atoms. The Kier molecular flexibility index (Phi) is 338. The maximum atomic E-state index is 0. The Morgan fingerprint density at radius 3 is 1.00 bits per heavy atom. The van der Waals surface area contributed by atoms with E-state index >= 15 is 0 Å². The summed E-state index contributed by atoms with van der Waals surface area (Å²) in [4.78, 5) is 0. The molecule has 0 rings (SSSR count). The maximum absolute atomic E-state index is 0. The van der Waals surface area contributed by atoms with E-state index in [9.17, 15) is 0 Å². The van der Waals surface area contributed by atoms with Gasteiger partial charge in [-0.15, -0.1) is 0 Å². The number of rotatable bonds is 0. The average Bonchev–Trinajstić information content (AvgIpc) is 0. The fraction of sp³-hybridized carbons (Fsp3) is 0. The van der Waals surface area contributed by atoms with E-state index in [1.165, 1.54) is 0 Å². The summed E-state index contributed by atoms with van der Waals surface area (Å²) >= 11 is 0. The fourth-order valence-electron chi connectivity index (χ4n) is 0. The third kappa shape index (κ3) is 9.94. The van der Waals surface area contributed by atoms with E-state index in [2.05, 4.69) is 0 Å². The maximum Gasteiger partial charge on any atom is 0 e. The van der Waals surface area contributed by atoms with E-state index in [-0.39, 0.29) is 49.9 Å². The van der Waals surface area contributed by atoms with Crippen LogP contribution in [-0.4, -0.2) is 0 Å². The van der Waals surface area contributed by atoms with Crippen LogP contribution in [0.1, 0.15) is 0 Å². The SMILES string of the molecule is N.P.[Co].[Fe]. The first kappa shape index (κ1) is 52.7. The van der Waals surface area contributed by atoms with Crippen LogP contribution in [0.15, 0.2) is 0 Å². The van der Waals surface area contributed by atoms with Crippen LogP contribution in [0.5, 0.6) is 0 Å². The molecule has 1 atom stereocenters. The molecule has 0 bridgehead atoms. The van der Waals surface area contributed by atoms with Crippen LogP contribution >= 0.6 is 9.90 Å². The molecule has 0 amide bonds. The molecule has 0 heterocycles. The molecule has 1 unspecified atom stereocenters. The minimum absolute atomic E-state index is 0. The van der Waals surface area contributed by atoms with Crippen molar-refractivity contribution in [2.24, 2.45) is 0 Å². The molecule has 0 aromatic carbocycles. The molecule has 33 valence electrons. The van der Waals surface area contributed by atoms with Crippen LogP contribution in [0.3, 0.4) is 0 Å². The fourth-order valence-corrected chi connectivity index (χ4v) is 0. The molecule has 1 radical (unpaired) electrons. The Morgan fingerprint density at radius 2 is 1.00 bits per heavy atom. The summed E-state index contributed by atoms with van der Waals surface area (Å²) in [6.45, 7) is 0. The zero-order valence-corrected chi connectivity index (χ0v) is 5.66. The van der Waals surface area contributed by atoms with Crippen LogP contribution in [0.2, 0.25) is 0 Å². The summed E-state index contributed by atoms with van der Waals surface area (Å²) in [5.74, 6) is 0. The van der Waals surface area contributed by atoms with E-state index < -0.39 is 0 Å². The smallest absolute Gasteiger partial charge is 0 e. The average molecular weight is 166 g/mol. The Bertz CT molecular complexity index is 8.00. The molecular formula is H6CoFeNP. The second-order valence-corrected chi connectivity index (χ2v) is 0. The molecule has 0 saturated carbocycles. The molecular weight excluding hydrogens is 160 g/mol. The summed E-state index contributed by atoms with van der Waals surface area (Å²) in [6, 6.07) is 0. The van der Waals surface area contributed by atoms with Gasteiger partial charge in [-0.3, -0.25) is 0 Å². The van der Waals surface area contributed by atoms with Gasteiger partial charge in [0.1, 0.15) is 0 Å². The molecule has 0 saturated heterocycles. The van der Waals surface area contributed by atoms with Crippen molar-refractivity contribution in [1.82, 2.24) is 6.15 Å². The summed E-state index contributed by atoms with van der Waals surface area (Å²) in [5.41, 5.74) is 0. The second-order valence-electron chi connectivity index (χ2n) is 0. The van der Waals surface area contributed by atoms with Gasteiger partial charge in [-0.2, -0.15) is 9.90 Å². The van der Waals surface area contributed by atoms with E-state index in [1.807, 2.05) is 0 Å². The van der Waals surface area contributed by atoms with Crippen molar-refractivity contribution in [2.45, 2.75) is 0 Å². The van der Waals surface area contributed by atoms with Crippen molar-refractivity contribution < 1.29 is 33.8 Å². The van der Waals surface area contributed by atoms with Gasteiger partial charge in [0.2, 0.25) is 0 Å². The van der Waals surface area contributed by atoms with Crippen molar-refractivity contribution in [1.29, 1.82) is 0 Å². The van der Waals surface area contributed by atoms with Crippen molar-refractivity contribution in [3.63, 3.8) is 0 Å². The largest absolute Gasteiger partial charge is 0.344 e. The second kappa shape index (κ2) is 25.7. The predicted octanol–water partition coefficient (Wildman–Crippen LogP) is 0.215. The van der Waals surface area contributed by atoms with Gasteiger partial charge in [-0.25, -0.2) is 0 Å². The van der Waals surface area contributed by atoms with Crippen LogP contribution in [0, 0.1) is 0 Å². The van der Waals surface area contributed by atoms with E-state index in [0.29, 0.717) is 0 Å².